The summed E-state index contributed by atoms with van der Waals surface area (Å²) in [7, 11) is 0. The van der Waals surface area contributed by atoms with E-state index in [1.165, 1.54) is 29.5 Å². The van der Waals surface area contributed by atoms with Gasteiger partial charge in [0.25, 0.3) is 0 Å². The number of halogens is 3. The minimum Gasteiger partial charge on any atom is -0.286 e. The van der Waals surface area contributed by atoms with E-state index >= 15 is 0 Å². The monoisotopic (exact) mass is 485 g/mol. The fourth-order valence-electron chi connectivity index (χ4n) is 3.70. The van der Waals surface area contributed by atoms with Crippen LogP contribution in [0, 0.1) is 0 Å². The quantitative estimate of drug-likeness (QED) is 0.349. The zero-order chi connectivity index (χ0) is 23.0. The van der Waals surface area contributed by atoms with E-state index in [0.29, 0.717) is 25.0 Å². The molecule has 0 radical (unpaired) electrons. The predicted octanol–water partition coefficient (Wildman–Crippen LogP) is 6.07. The molecule has 3 aromatic carbocycles. The lowest BCUT2D eigenvalue weighted by atomic mass is 10.0. The highest BCUT2D eigenvalue weighted by Gasteiger charge is 2.30. The van der Waals surface area contributed by atoms with Gasteiger partial charge in [-0.05, 0) is 40.5 Å². The maximum atomic E-state index is 13.0. The molecule has 1 amide bonds. The number of fused-ring (bicyclic) bond motifs is 1. The molecule has 4 aromatic rings. The number of nitrogens with zero attached hydrogens (tertiary/aromatic N) is 2. The first-order valence-corrected chi connectivity index (χ1v) is 11.8. The number of aromatic nitrogens is 1. The Morgan fingerprint density at radius 2 is 1.79 bits per heavy atom. The molecule has 1 N–H and O–H groups in total. The van der Waals surface area contributed by atoms with Crippen molar-refractivity contribution in [3.63, 3.8) is 0 Å². The average Bonchev–Trinajstić information content (AvgIpc) is 3.38. The van der Waals surface area contributed by atoms with Crippen LogP contribution in [-0.4, -0.2) is 21.7 Å². The molecule has 1 aromatic heterocycles. The van der Waals surface area contributed by atoms with Gasteiger partial charge in [-0.1, -0.05) is 48.5 Å². The molecule has 0 aliphatic carbocycles. The van der Waals surface area contributed by atoms with Crippen LogP contribution in [0.5, 0.6) is 0 Å². The molecule has 0 spiro atoms. The predicted molar refractivity (Wildman–Crippen MR) is 125 cm³/mol. The molecular formula is C24H18F3N3OS2. The SMILES string of the molecule is O=C1CN(Cc2ccc(-c3cccc(Cc4nc5cc(C(F)(F)F)ccc5s4)c3)cc2)SN1. The first kappa shape index (κ1) is 21.9. The molecule has 5 rings (SSSR count). The third kappa shape index (κ3) is 5.05. The van der Waals surface area contributed by atoms with Gasteiger partial charge in [0.1, 0.15) is 0 Å². The second-order valence-electron chi connectivity index (χ2n) is 7.78. The summed E-state index contributed by atoms with van der Waals surface area (Å²) < 4.78 is 44.4. The molecule has 1 aliphatic heterocycles. The van der Waals surface area contributed by atoms with E-state index < -0.39 is 11.7 Å². The number of amides is 1. The lowest BCUT2D eigenvalue weighted by molar-refractivity contribution is -0.137. The maximum Gasteiger partial charge on any atom is 0.416 e. The molecule has 33 heavy (non-hydrogen) atoms. The topological polar surface area (TPSA) is 45.2 Å². The molecule has 168 valence electrons. The summed E-state index contributed by atoms with van der Waals surface area (Å²) in [5.74, 6) is 0.0161. The van der Waals surface area contributed by atoms with Crippen LogP contribution >= 0.6 is 23.5 Å². The largest absolute Gasteiger partial charge is 0.416 e. The van der Waals surface area contributed by atoms with E-state index in [9.17, 15) is 18.0 Å². The molecule has 2 heterocycles. The van der Waals surface area contributed by atoms with Crippen LogP contribution in [0.1, 0.15) is 21.7 Å². The second-order valence-corrected chi connectivity index (χ2v) is 9.79. The third-order valence-corrected chi connectivity index (χ3v) is 7.17. The Balaban J connectivity index is 1.31. The van der Waals surface area contributed by atoms with Crippen LogP contribution < -0.4 is 4.72 Å². The third-order valence-electron chi connectivity index (χ3n) is 5.30. The smallest absolute Gasteiger partial charge is 0.286 e. The van der Waals surface area contributed by atoms with Crippen LogP contribution in [0.4, 0.5) is 13.2 Å². The van der Waals surface area contributed by atoms with E-state index in [-0.39, 0.29) is 5.91 Å². The zero-order valence-electron chi connectivity index (χ0n) is 17.2. The van der Waals surface area contributed by atoms with Crippen molar-refractivity contribution in [3.05, 3.63) is 88.4 Å². The zero-order valence-corrected chi connectivity index (χ0v) is 18.9. The highest BCUT2D eigenvalue weighted by atomic mass is 32.2. The Kier molecular flexibility index (Phi) is 5.86. The minimum absolute atomic E-state index is 0.0161. The number of carbonyl (C=O) groups excluding carboxylic acids is 1. The number of carbonyl (C=O) groups is 1. The molecule has 0 saturated carbocycles. The van der Waals surface area contributed by atoms with E-state index in [4.69, 9.17) is 0 Å². The lowest BCUT2D eigenvalue weighted by Crippen LogP contribution is -2.15. The van der Waals surface area contributed by atoms with Gasteiger partial charge >= 0.3 is 6.18 Å². The molecular weight excluding hydrogens is 467 g/mol. The van der Waals surface area contributed by atoms with Crippen molar-refractivity contribution < 1.29 is 18.0 Å². The summed E-state index contributed by atoms with van der Waals surface area (Å²) in [5, 5.41) is 0.781. The van der Waals surface area contributed by atoms with Crippen LogP contribution in [-0.2, 0) is 23.9 Å². The number of hydrogen-bond donors (Lipinski definition) is 1. The highest BCUT2D eigenvalue weighted by molar-refractivity contribution is 7.96. The standard InChI is InChI=1S/C24H18F3N3OS2/c25-24(26,27)19-8-9-21-20(12-19)28-23(32-21)11-16-2-1-3-18(10-16)17-6-4-15(5-7-17)13-30-14-22(31)29-33-30/h1-10,12H,11,13-14H2,(H,29,31). The van der Waals surface area contributed by atoms with Gasteiger partial charge in [-0.2, -0.15) is 13.2 Å². The molecule has 0 atom stereocenters. The Morgan fingerprint density at radius 1 is 0.970 bits per heavy atom. The molecule has 1 saturated heterocycles. The number of nitrogens with one attached hydrogen (secondary N) is 1. The van der Waals surface area contributed by atoms with Crippen molar-refractivity contribution in [1.82, 2.24) is 14.0 Å². The Labute approximate surface area is 196 Å². The molecule has 1 aliphatic rings. The van der Waals surface area contributed by atoms with Gasteiger partial charge in [-0.15, -0.1) is 11.3 Å². The van der Waals surface area contributed by atoms with Crippen molar-refractivity contribution in [2.45, 2.75) is 19.1 Å². The van der Waals surface area contributed by atoms with E-state index in [1.54, 1.807) is 0 Å². The second kappa shape index (κ2) is 8.81. The number of rotatable bonds is 5. The number of thiazole rings is 1. The fourth-order valence-corrected chi connectivity index (χ4v) is 5.37. The summed E-state index contributed by atoms with van der Waals surface area (Å²) in [6, 6.07) is 20.0. The van der Waals surface area contributed by atoms with Crippen molar-refractivity contribution in [1.29, 1.82) is 0 Å². The van der Waals surface area contributed by atoms with Gasteiger partial charge in [0.05, 0.1) is 27.3 Å². The van der Waals surface area contributed by atoms with E-state index in [0.717, 1.165) is 44.1 Å². The number of benzene rings is 3. The minimum atomic E-state index is -4.37. The highest BCUT2D eigenvalue weighted by Crippen LogP contribution is 2.33. The number of hydrogen-bond acceptors (Lipinski definition) is 5. The van der Waals surface area contributed by atoms with Gasteiger partial charge in [0.15, 0.2) is 0 Å². The van der Waals surface area contributed by atoms with Crippen LogP contribution in [0.25, 0.3) is 21.3 Å². The first-order valence-electron chi connectivity index (χ1n) is 10.2. The summed E-state index contributed by atoms with van der Waals surface area (Å²) >= 11 is 2.74. The summed E-state index contributed by atoms with van der Waals surface area (Å²) in [4.78, 5) is 15.8. The van der Waals surface area contributed by atoms with Gasteiger partial charge in [0.2, 0.25) is 5.91 Å². The summed E-state index contributed by atoms with van der Waals surface area (Å²) in [6.07, 6.45) is -3.82. The van der Waals surface area contributed by atoms with Crippen molar-refractivity contribution >= 4 is 39.6 Å². The van der Waals surface area contributed by atoms with Gasteiger partial charge < -0.3 is 0 Å². The molecule has 4 nitrogen and oxygen atoms in total. The molecule has 0 unspecified atom stereocenters. The van der Waals surface area contributed by atoms with Crippen molar-refractivity contribution in [3.8, 4) is 11.1 Å². The van der Waals surface area contributed by atoms with Crippen LogP contribution in [0.15, 0.2) is 66.7 Å². The number of alkyl halides is 3. The molecule has 0 bridgehead atoms. The van der Waals surface area contributed by atoms with Gasteiger partial charge in [-0.25, -0.2) is 9.29 Å². The van der Waals surface area contributed by atoms with E-state index in [1.807, 2.05) is 22.5 Å². The maximum absolute atomic E-state index is 13.0. The summed E-state index contributed by atoms with van der Waals surface area (Å²) in [5.41, 5.74) is 4.00. The van der Waals surface area contributed by atoms with Crippen LogP contribution in [0.3, 0.4) is 0 Å². The summed E-state index contributed by atoms with van der Waals surface area (Å²) in [6.45, 7) is 1.06. The normalized spacial score (nSPS) is 14.7. The fraction of sp³-hybridized carbons (Fsp3) is 0.167. The molecule has 9 heteroatoms. The van der Waals surface area contributed by atoms with E-state index in [2.05, 4.69) is 40.0 Å². The average molecular weight is 486 g/mol. The van der Waals surface area contributed by atoms with Gasteiger partial charge in [-0.3, -0.25) is 9.52 Å². The Bertz CT molecular complexity index is 1320. The van der Waals surface area contributed by atoms with Gasteiger partial charge in [0, 0.05) is 25.1 Å². The first-order chi connectivity index (χ1) is 15.8. The van der Waals surface area contributed by atoms with Crippen molar-refractivity contribution in [2.24, 2.45) is 0 Å². The van der Waals surface area contributed by atoms with Crippen molar-refractivity contribution in [2.75, 3.05) is 6.54 Å². The Hall–Kier alpha value is -2.88. The Morgan fingerprint density at radius 3 is 2.52 bits per heavy atom. The lowest BCUT2D eigenvalue weighted by Gasteiger charge is -2.11. The van der Waals surface area contributed by atoms with Crippen LogP contribution in [0.2, 0.25) is 0 Å². The molecule has 1 fully saturated rings.